The first-order valence-corrected chi connectivity index (χ1v) is 5.86. The molecule has 0 fully saturated rings. The van der Waals surface area contributed by atoms with Gasteiger partial charge in [0.1, 0.15) is 5.82 Å². The number of hydrogen-bond acceptors (Lipinski definition) is 2. The van der Waals surface area contributed by atoms with Gasteiger partial charge in [-0.15, -0.1) is 0 Å². The van der Waals surface area contributed by atoms with Crippen LogP contribution in [0.15, 0.2) is 48.5 Å². The summed E-state index contributed by atoms with van der Waals surface area (Å²) in [5, 5.41) is 0. The molecule has 0 radical (unpaired) electrons. The third-order valence-electron chi connectivity index (χ3n) is 2.64. The lowest BCUT2D eigenvalue weighted by Gasteiger charge is -2.11. The van der Waals surface area contributed by atoms with Gasteiger partial charge in [-0.3, -0.25) is 0 Å². The van der Waals surface area contributed by atoms with Crippen molar-refractivity contribution < 1.29 is 17.6 Å². The summed E-state index contributed by atoms with van der Waals surface area (Å²) in [6.07, 6.45) is -4.67. The fourth-order valence-electron chi connectivity index (χ4n) is 1.67. The molecule has 0 saturated heterocycles. The van der Waals surface area contributed by atoms with E-state index in [0.29, 0.717) is 5.56 Å². The molecule has 6 heteroatoms. The summed E-state index contributed by atoms with van der Waals surface area (Å²) in [6.45, 7) is 0.198. The first-order valence-electron chi connectivity index (χ1n) is 5.86. The summed E-state index contributed by atoms with van der Waals surface area (Å²) in [5.74, 6) is -1.27. The topological polar surface area (TPSA) is 24.1 Å². The highest BCUT2D eigenvalue weighted by Crippen LogP contribution is 2.31. The summed E-state index contributed by atoms with van der Waals surface area (Å²) < 4.78 is 50.5. The van der Waals surface area contributed by atoms with Gasteiger partial charge in [-0.05, 0) is 29.8 Å². The molecule has 0 unspecified atom stereocenters. The Morgan fingerprint density at radius 1 is 0.950 bits per heavy atom. The minimum absolute atomic E-state index is 0.198. The molecule has 0 aliphatic heterocycles. The number of para-hydroxylation sites is 1. The Morgan fingerprint density at radius 3 is 2.25 bits per heavy atom. The van der Waals surface area contributed by atoms with Crippen LogP contribution in [0.2, 0.25) is 0 Å². The predicted molar refractivity (Wildman–Crippen MR) is 68.3 cm³/mol. The summed E-state index contributed by atoms with van der Waals surface area (Å²) in [5.41, 5.74) is 5.64. The summed E-state index contributed by atoms with van der Waals surface area (Å²) in [7, 11) is 0. The lowest BCUT2D eigenvalue weighted by molar-refractivity contribution is -0.140. The molecule has 2 aromatic carbocycles. The minimum atomic E-state index is -4.67. The van der Waals surface area contributed by atoms with Gasteiger partial charge in [-0.1, -0.05) is 24.3 Å². The molecule has 2 N–H and O–H groups in total. The number of hydrazine groups is 1. The number of halogens is 4. The van der Waals surface area contributed by atoms with Crippen LogP contribution in [-0.4, -0.2) is 0 Å². The van der Waals surface area contributed by atoms with Crippen molar-refractivity contribution >= 4 is 5.69 Å². The maximum absolute atomic E-state index is 13.3. The van der Waals surface area contributed by atoms with Crippen molar-refractivity contribution in [1.82, 2.24) is 5.43 Å². The molecular formula is C14H12F4N2. The second kappa shape index (κ2) is 5.92. The Labute approximate surface area is 113 Å². The van der Waals surface area contributed by atoms with Crippen LogP contribution < -0.4 is 10.9 Å². The average molecular weight is 284 g/mol. The van der Waals surface area contributed by atoms with E-state index in [0.717, 1.165) is 17.8 Å². The van der Waals surface area contributed by atoms with Crippen LogP contribution in [-0.2, 0) is 12.7 Å². The second-order valence-corrected chi connectivity index (χ2v) is 4.16. The van der Waals surface area contributed by atoms with Crippen LogP contribution in [0.25, 0.3) is 0 Å². The normalized spacial score (nSPS) is 11.4. The third-order valence-corrected chi connectivity index (χ3v) is 2.64. The number of rotatable bonds is 4. The minimum Gasteiger partial charge on any atom is -0.321 e. The number of nitrogens with one attached hydrogen (secondary N) is 2. The molecule has 2 aromatic rings. The lowest BCUT2D eigenvalue weighted by atomic mass is 10.1. The SMILES string of the molecule is Fc1cc(CNNc2ccccc2)ccc1C(F)(F)F. The molecular weight excluding hydrogens is 272 g/mol. The lowest BCUT2D eigenvalue weighted by Crippen LogP contribution is -2.21. The molecule has 0 aliphatic rings. The Balaban J connectivity index is 1.96. The fourth-order valence-corrected chi connectivity index (χ4v) is 1.67. The Morgan fingerprint density at radius 2 is 1.65 bits per heavy atom. The van der Waals surface area contributed by atoms with E-state index in [1.165, 1.54) is 6.07 Å². The molecule has 0 aliphatic carbocycles. The zero-order chi connectivity index (χ0) is 14.6. The van der Waals surface area contributed by atoms with Gasteiger partial charge in [0.2, 0.25) is 0 Å². The molecule has 0 aromatic heterocycles. The summed E-state index contributed by atoms with van der Waals surface area (Å²) >= 11 is 0. The smallest absolute Gasteiger partial charge is 0.321 e. The molecule has 0 saturated carbocycles. The van der Waals surface area contributed by atoms with Gasteiger partial charge >= 0.3 is 6.18 Å². The van der Waals surface area contributed by atoms with Gasteiger partial charge in [-0.2, -0.15) is 13.2 Å². The van der Waals surface area contributed by atoms with Gasteiger partial charge in [0.05, 0.1) is 5.56 Å². The summed E-state index contributed by atoms with van der Waals surface area (Å²) in [4.78, 5) is 0. The maximum Gasteiger partial charge on any atom is 0.419 e. The standard InChI is InChI=1S/C14H12F4N2/c15-13-8-10(6-7-12(13)14(16,17)18)9-19-20-11-4-2-1-3-5-11/h1-8,19-20H,9H2. The molecule has 106 valence electrons. The van der Waals surface area contributed by atoms with Crippen LogP contribution in [0.3, 0.4) is 0 Å². The Hall–Kier alpha value is -2.08. The van der Waals surface area contributed by atoms with Gasteiger partial charge in [-0.25, -0.2) is 9.82 Å². The van der Waals surface area contributed by atoms with Crippen molar-refractivity contribution in [2.75, 3.05) is 5.43 Å². The van der Waals surface area contributed by atoms with Crippen LogP contribution >= 0.6 is 0 Å². The van der Waals surface area contributed by atoms with Crippen LogP contribution in [0.1, 0.15) is 11.1 Å². The van der Waals surface area contributed by atoms with Crippen molar-refractivity contribution in [1.29, 1.82) is 0 Å². The van der Waals surface area contributed by atoms with Crippen molar-refractivity contribution in [3.63, 3.8) is 0 Å². The van der Waals surface area contributed by atoms with Gasteiger partial charge in [0.15, 0.2) is 0 Å². The van der Waals surface area contributed by atoms with Crippen molar-refractivity contribution in [3.05, 3.63) is 65.5 Å². The van der Waals surface area contributed by atoms with Crippen molar-refractivity contribution in [2.24, 2.45) is 0 Å². The van der Waals surface area contributed by atoms with Gasteiger partial charge < -0.3 is 5.43 Å². The largest absolute Gasteiger partial charge is 0.419 e. The van der Waals surface area contributed by atoms with E-state index in [9.17, 15) is 17.6 Å². The van der Waals surface area contributed by atoms with Gasteiger partial charge in [0.25, 0.3) is 0 Å². The predicted octanol–water partition coefficient (Wildman–Crippen LogP) is 3.96. The molecule has 0 atom stereocenters. The number of alkyl halides is 3. The van der Waals surface area contributed by atoms with Crippen molar-refractivity contribution in [2.45, 2.75) is 12.7 Å². The van der Waals surface area contributed by atoms with E-state index in [2.05, 4.69) is 10.9 Å². The van der Waals surface area contributed by atoms with Crippen LogP contribution in [0.4, 0.5) is 23.2 Å². The second-order valence-electron chi connectivity index (χ2n) is 4.16. The average Bonchev–Trinajstić information content (AvgIpc) is 2.38. The van der Waals surface area contributed by atoms with Gasteiger partial charge in [0, 0.05) is 12.2 Å². The Bertz CT molecular complexity index is 567. The van der Waals surface area contributed by atoms with E-state index in [1.807, 2.05) is 30.3 Å². The fraction of sp³-hybridized carbons (Fsp3) is 0.143. The molecule has 0 spiro atoms. The van der Waals surface area contributed by atoms with Crippen molar-refractivity contribution in [3.8, 4) is 0 Å². The molecule has 2 nitrogen and oxygen atoms in total. The quantitative estimate of drug-likeness (QED) is 0.656. The van der Waals surface area contributed by atoms with Crippen LogP contribution in [0.5, 0.6) is 0 Å². The zero-order valence-corrected chi connectivity index (χ0v) is 10.3. The molecule has 2 rings (SSSR count). The molecule has 0 amide bonds. The number of hydrogen-bond donors (Lipinski definition) is 2. The highest BCUT2D eigenvalue weighted by atomic mass is 19.4. The van der Waals surface area contributed by atoms with E-state index in [1.54, 1.807) is 0 Å². The maximum atomic E-state index is 13.3. The first-order chi connectivity index (χ1) is 9.47. The number of anilines is 1. The molecule has 0 heterocycles. The zero-order valence-electron chi connectivity index (χ0n) is 10.3. The molecule has 20 heavy (non-hydrogen) atoms. The monoisotopic (exact) mass is 284 g/mol. The summed E-state index contributed by atoms with van der Waals surface area (Å²) in [6, 6.07) is 12.0. The Kier molecular flexibility index (Phi) is 4.24. The highest BCUT2D eigenvalue weighted by Gasteiger charge is 2.33. The highest BCUT2D eigenvalue weighted by molar-refractivity contribution is 5.41. The van der Waals surface area contributed by atoms with E-state index in [-0.39, 0.29) is 6.54 Å². The van der Waals surface area contributed by atoms with E-state index < -0.39 is 17.6 Å². The molecule has 0 bridgehead atoms. The third kappa shape index (κ3) is 3.71. The first kappa shape index (κ1) is 14.3. The van der Waals surface area contributed by atoms with E-state index in [4.69, 9.17) is 0 Å². The van der Waals surface area contributed by atoms with E-state index >= 15 is 0 Å². The van der Waals surface area contributed by atoms with Crippen LogP contribution in [0, 0.1) is 5.82 Å². The number of benzene rings is 2.